The standard InChI is InChI=1S/C5H10NP/c1-3-6-4-5(2)7/h3,6-7H,1,4H2,2H3. The maximum absolute atomic E-state index is 3.49. The first kappa shape index (κ1) is 6.71. The molecule has 0 unspecified atom stereocenters. The Morgan fingerprint density at radius 2 is 2.57 bits per heavy atom. The van der Waals surface area contributed by atoms with Crippen molar-refractivity contribution in [2.24, 2.45) is 0 Å². The SMILES string of the molecule is C=CNCC(C)=P. The molecule has 0 fully saturated rings. The van der Waals surface area contributed by atoms with E-state index in [9.17, 15) is 0 Å². The van der Waals surface area contributed by atoms with Crippen LogP contribution in [0.4, 0.5) is 0 Å². The Bertz CT molecular complexity index is 78.1. The summed E-state index contributed by atoms with van der Waals surface area (Å²) in [5, 5.41) is 4.11. The van der Waals surface area contributed by atoms with Gasteiger partial charge in [-0.3, -0.25) is 0 Å². The molecule has 0 radical (unpaired) electrons. The van der Waals surface area contributed by atoms with Crippen LogP contribution in [0.25, 0.3) is 0 Å². The van der Waals surface area contributed by atoms with Gasteiger partial charge in [-0.25, -0.2) is 0 Å². The van der Waals surface area contributed by atoms with Gasteiger partial charge >= 0.3 is 0 Å². The van der Waals surface area contributed by atoms with E-state index in [0.717, 1.165) is 6.54 Å². The third-order valence-corrected chi connectivity index (χ3v) is 0.688. The fraction of sp³-hybridized carbons (Fsp3) is 0.400. The van der Waals surface area contributed by atoms with Crippen molar-refractivity contribution in [1.82, 2.24) is 5.32 Å². The summed E-state index contributed by atoms with van der Waals surface area (Å²) in [6.45, 7) is 6.34. The first-order chi connectivity index (χ1) is 3.27. The van der Waals surface area contributed by atoms with Gasteiger partial charge in [-0.15, -0.1) is 8.86 Å². The monoisotopic (exact) mass is 115 g/mol. The van der Waals surface area contributed by atoms with Crippen LogP contribution in [-0.2, 0) is 0 Å². The molecular weight excluding hydrogens is 105 g/mol. The zero-order valence-corrected chi connectivity index (χ0v) is 5.49. The van der Waals surface area contributed by atoms with Crippen LogP contribution in [0.5, 0.6) is 0 Å². The Labute approximate surface area is 46.6 Å². The second kappa shape index (κ2) is 3.89. The van der Waals surface area contributed by atoms with Crippen LogP contribution in [0, 0.1) is 0 Å². The van der Waals surface area contributed by atoms with E-state index in [2.05, 4.69) is 20.8 Å². The van der Waals surface area contributed by atoms with Crippen LogP contribution in [0.15, 0.2) is 12.8 Å². The fourth-order valence-electron chi connectivity index (χ4n) is 0.225. The highest BCUT2D eigenvalue weighted by Gasteiger charge is 1.76. The number of nitrogens with one attached hydrogen (secondary N) is 1. The molecule has 0 aliphatic rings. The quantitative estimate of drug-likeness (QED) is 0.542. The lowest BCUT2D eigenvalue weighted by molar-refractivity contribution is 1.03. The van der Waals surface area contributed by atoms with E-state index < -0.39 is 0 Å². The Kier molecular flexibility index (Phi) is 3.72. The average molecular weight is 115 g/mol. The third kappa shape index (κ3) is 5.71. The van der Waals surface area contributed by atoms with E-state index in [1.165, 1.54) is 5.29 Å². The fourth-order valence-corrected chi connectivity index (χ4v) is 0.327. The van der Waals surface area contributed by atoms with Gasteiger partial charge in [-0.2, -0.15) is 0 Å². The van der Waals surface area contributed by atoms with Gasteiger partial charge in [0.15, 0.2) is 0 Å². The summed E-state index contributed by atoms with van der Waals surface area (Å²) in [6.07, 6.45) is 1.67. The van der Waals surface area contributed by atoms with Crippen LogP contribution >= 0.6 is 8.86 Å². The maximum atomic E-state index is 3.49. The second-order valence-electron chi connectivity index (χ2n) is 1.37. The van der Waals surface area contributed by atoms with Crippen LogP contribution in [-0.4, -0.2) is 11.8 Å². The molecule has 0 aliphatic carbocycles. The molecule has 0 aliphatic heterocycles. The molecular formula is C5H10NP. The van der Waals surface area contributed by atoms with Gasteiger partial charge in [0.25, 0.3) is 0 Å². The molecule has 1 nitrogen and oxygen atoms in total. The minimum atomic E-state index is 0.861. The molecule has 1 N–H and O–H groups in total. The lowest BCUT2D eigenvalue weighted by Crippen LogP contribution is -2.11. The lowest BCUT2D eigenvalue weighted by Gasteiger charge is -1.93. The summed E-state index contributed by atoms with van der Waals surface area (Å²) in [5.74, 6) is 0. The Morgan fingerprint density at radius 3 is 2.71 bits per heavy atom. The van der Waals surface area contributed by atoms with E-state index in [4.69, 9.17) is 0 Å². The molecule has 0 rings (SSSR count). The summed E-state index contributed by atoms with van der Waals surface area (Å²) < 4.78 is 0. The van der Waals surface area contributed by atoms with Crippen molar-refractivity contribution < 1.29 is 0 Å². The van der Waals surface area contributed by atoms with E-state index in [1.807, 2.05) is 6.92 Å². The van der Waals surface area contributed by atoms with Gasteiger partial charge < -0.3 is 5.32 Å². The highest BCUT2D eigenvalue weighted by molar-refractivity contribution is 7.21. The van der Waals surface area contributed by atoms with Gasteiger partial charge in [0.1, 0.15) is 0 Å². The molecule has 7 heavy (non-hydrogen) atoms. The topological polar surface area (TPSA) is 12.0 Å². The van der Waals surface area contributed by atoms with Crippen molar-refractivity contribution in [2.75, 3.05) is 6.54 Å². The van der Waals surface area contributed by atoms with Crippen LogP contribution in [0.2, 0.25) is 0 Å². The normalized spacial score (nSPS) is 7.57. The van der Waals surface area contributed by atoms with Crippen LogP contribution in [0.1, 0.15) is 6.92 Å². The molecule has 40 valence electrons. The summed E-state index contributed by atoms with van der Waals surface area (Å²) in [7, 11) is 3.33. The van der Waals surface area contributed by atoms with Gasteiger partial charge in [0, 0.05) is 6.54 Å². The third-order valence-electron chi connectivity index (χ3n) is 0.512. The second-order valence-corrected chi connectivity index (χ2v) is 2.22. The minimum absolute atomic E-state index is 0.861. The predicted octanol–water partition coefficient (Wildman–Crippen LogP) is 1.05. The first-order valence-corrected chi connectivity index (χ1v) is 2.65. The van der Waals surface area contributed by atoms with Gasteiger partial charge in [0.2, 0.25) is 0 Å². The van der Waals surface area contributed by atoms with Gasteiger partial charge in [0.05, 0.1) is 0 Å². The summed E-state index contributed by atoms with van der Waals surface area (Å²) in [6, 6.07) is 0. The maximum Gasteiger partial charge on any atom is 0.0391 e. The molecule has 0 atom stereocenters. The average Bonchev–Trinajstić information content (AvgIpc) is 1.61. The zero-order chi connectivity index (χ0) is 5.70. The largest absolute Gasteiger partial charge is 0.387 e. The van der Waals surface area contributed by atoms with E-state index in [1.54, 1.807) is 6.20 Å². The minimum Gasteiger partial charge on any atom is -0.387 e. The van der Waals surface area contributed by atoms with Crippen molar-refractivity contribution in [2.45, 2.75) is 6.92 Å². The van der Waals surface area contributed by atoms with Crippen molar-refractivity contribution in [1.29, 1.82) is 0 Å². The highest BCUT2D eigenvalue weighted by atomic mass is 31.0. The van der Waals surface area contributed by atoms with Gasteiger partial charge in [-0.05, 0) is 18.4 Å². The molecule has 0 saturated heterocycles. The number of hydrogen-bond acceptors (Lipinski definition) is 1. The molecule has 0 aromatic heterocycles. The Hall–Kier alpha value is -0.290. The van der Waals surface area contributed by atoms with E-state index in [0.29, 0.717) is 0 Å². The molecule has 0 heterocycles. The van der Waals surface area contributed by atoms with Crippen molar-refractivity contribution in [3.05, 3.63) is 12.8 Å². The van der Waals surface area contributed by atoms with Crippen molar-refractivity contribution >= 4 is 14.2 Å². The first-order valence-electron chi connectivity index (χ1n) is 2.15. The number of hydrogen-bond donors (Lipinski definition) is 1. The molecule has 0 amide bonds. The van der Waals surface area contributed by atoms with Gasteiger partial charge in [-0.1, -0.05) is 6.58 Å². The Morgan fingerprint density at radius 1 is 2.00 bits per heavy atom. The summed E-state index contributed by atoms with van der Waals surface area (Å²) >= 11 is 0. The highest BCUT2D eigenvalue weighted by Crippen LogP contribution is 1.72. The van der Waals surface area contributed by atoms with Crippen molar-refractivity contribution in [3.63, 3.8) is 0 Å². The summed E-state index contributed by atoms with van der Waals surface area (Å²) in [5.41, 5.74) is 0. The summed E-state index contributed by atoms with van der Waals surface area (Å²) in [4.78, 5) is 0. The molecule has 0 saturated carbocycles. The number of rotatable bonds is 3. The van der Waals surface area contributed by atoms with E-state index in [-0.39, 0.29) is 0 Å². The molecule has 0 spiro atoms. The molecule has 0 aromatic rings. The predicted molar refractivity (Wildman–Crippen MR) is 37.2 cm³/mol. The zero-order valence-electron chi connectivity index (χ0n) is 4.49. The van der Waals surface area contributed by atoms with E-state index >= 15 is 0 Å². The lowest BCUT2D eigenvalue weighted by atomic mass is 10.5. The molecule has 2 heteroatoms. The molecule has 0 bridgehead atoms. The smallest absolute Gasteiger partial charge is 0.0391 e. The molecule has 0 aromatic carbocycles. The van der Waals surface area contributed by atoms with Crippen LogP contribution < -0.4 is 5.32 Å². The Balaban J connectivity index is 2.97. The van der Waals surface area contributed by atoms with Crippen LogP contribution in [0.3, 0.4) is 0 Å². The van der Waals surface area contributed by atoms with Crippen molar-refractivity contribution in [3.8, 4) is 0 Å².